The van der Waals surface area contributed by atoms with Crippen LogP contribution < -0.4 is 10.2 Å². The lowest BCUT2D eigenvalue weighted by atomic mass is 10.2. The Labute approximate surface area is 167 Å². The molecule has 0 aliphatic carbocycles. The number of thiazole rings is 1. The molecule has 3 rings (SSSR count). The summed E-state index contributed by atoms with van der Waals surface area (Å²) in [7, 11) is 0. The standard InChI is InChI=1S/C19H22ClN3O3S/c1-2-18(25)23(11-16-4-3-9-26-16)19-22-15(12-27-19)10-17(24)21-14-7-5-13(20)6-8-14/h5-8,12,16H,2-4,9-11H2,1H3,(H,21,24). The van der Waals surface area contributed by atoms with E-state index in [4.69, 9.17) is 16.3 Å². The molecule has 1 aliphatic rings. The smallest absolute Gasteiger partial charge is 0.230 e. The number of anilines is 2. The number of aromatic nitrogens is 1. The number of carbonyl (C=O) groups is 2. The quantitative estimate of drug-likeness (QED) is 0.755. The molecule has 1 saturated heterocycles. The number of amides is 2. The molecule has 0 saturated carbocycles. The third-order valence-electron chi connectivity index (χ3n) is 4.25. The van der Waals surface area contributed by atoms with Gasteiger partial charge in [0, 0.05) is 29.1 Å². The lowest BCUT2D eigenvalue weighted by Gasteiger charge is -2.22. The summed E-state index contributed by atoms with van der Waals surface area (Å²) in [4.78, 5) is 30.8. The van der Waals surface area contributed by atoms with E-state index < -0.39 is 0 Å². The minimum absolute atomic E-state index is 0.0111. The third-order valence-corrected chi connectivity index (χ3v) is 5.42. The molecule has 1 aromatic heterocycles. The van der Waals surface area contributed by atoms with Crippen LogP contribution in [0.5, 0.6) is 0 Å². The average Bonchev–Trinajstić information content (AvgIpc) is 3.33. The van der Waals surface area contributed by atoms with Crippen molar-refractivity contribution in [2.45, 2.75) is 38.7 Å². The first-order valence-corrected chi connectivity index (χ1v) is 10.2. The van der Waals surface area contributed by atoms with Gasteiger partial charge in [-0.3, -0.25) is 14.5 Å². The van der Waals surface area contributed by atoms with Crippen molar-refractivity contribution in [1.29, 1.82) is 0 Å². The fourth-order valence-electron chi connectivity index (χ4n) is 2.87. The van der Waals surface area contributed by atoms with E-state index in [0.717, 1.165) is 19.4 Å². The molecule has 2 heterocycles. The van der Waals surface area contributed by atoms with Crippen LogP contribution in [-0.4, -0.2) is 36.1 Å². The van der Waals surface area contributed by atoms with Crippen molar-refractivity contribution in [3.63, 3.8) is 0 Å². The second-order valence-corrected chi connectivity index (χ2v) is 7.62. The first-order valence-electron chi connectivity index (χ1n) is 8.97. The fraction of sp³-hybridized carbons (Fsp3) is 0.421. The van der Waals surface area contributed by atoms with Crippen molar-refractivity contribution in [2.75, 3.05) is 23.4 Å². The highest BCUT2D eigenvalue weighted by Gasteiger charge is 2.25. The molecule has 144 valence electrons. The highest BCUT2D eigenvalue weighted by molar-refractivity contribution is 7.14. The van der Waals surface area contributed by atoms with Crippen molar-refractivity contribution < 1.29 is 14.3 Å². The lowest BCUT2D eigenvalue weighted by Crippen LogP contribution is -2.37. The summed E-state index contributed by atoms with van der Waals surface area (Å²) in [5, 5.41) is 5.87. The first-order chi connectivity index (χ1) is 13.0. The summed E-state index contributed by atoms with van der Waals surface area (Å²) in [6.07, 6.45) is 2.58. The normalized spacial score (nSPS) is 16.3. The number of nitrogens with one attached hydrogen (secondary N) is 1. The number of hydrogen-bond donors (Lipinski definition) is 1. The zero-order valence-corrected chi connectivity index (χ0v) is 16.7. The highest BCUT2D eigenvalue weighted by Crippen LogP contribution is 2.24. The van der Waals surface area contributed by atoms with Gasteiger partial charge in [-0.1, -0.05) is 18.5 Å². The molecule has 1 atom stereocenters. The van der Waals surface area contributed by atoms with Gasteiger partial charge in [0.25, 0.3) is 0 Å². The Bertz CT molecular complexity index is 788. The molecule has 1 unspecified atom stereocenters. The molecule has 2 amide bonds. The zero-order valence-electron chi connectivity index (χ0n) is 15.1. The van der Waals surface area contributed by atoms with Gasteiger partial charge in [-0.05, 0) is 37.1 Å². The summed E-state index contributed by atoms with van der Waals surface area (Å²) in [6.45, 7) is 3.09. The van der Waals surface area contributed by atoms with Crippen molar-refractivity contribution >= 4 is 45.6 Å². The largest absolute Gasteiger partial charge is 0.376 e. The van der Waals surface area contributed by atoms with Crippen LogP contribution in [0.15, 0.2) is 29.6 Å². The van der Waals surface area contributed by atoms with Crippen molar-refractivity contribution in [1.82, 2.24) is 4.98 Å². The molecule has 1 N–H and O–H groups in total. The van der Waals surface area contributed by atoms with Gasteiger partial charge < -0.3 is 10.1 Å². The molecule has 0 radical (unpaired) electrons. The number of halogens is 1. The predicted octanol–water partition coefficient (Wildman–Crippen LogP) is 3.90. The molecular formula is C19H22ClN3O3S. The maximum Gasteiger partial charge on any atom is 0.230 e. The van der Waals surface area contributed by atoms with E-state index >= 15 is 0 Å². The first kappa shape index (κ1) is 19.8. The van der Waals surface area contributed by atoms with Crippen LogP contribution in [0.4, 0.5) is 10.8 Å². The Morgan fingerprint density at radius 1 is 1.37 bits per heavy atom. The SMILES string of the molecule is CCC(=O)N(CC1CCCO1)c1nc(CC(=O)Nc2ccc(Cl)cc2)cs1. The van der Waals surface area contributed by atoms with E-state index in [1.807, 2.05) is 12.3 Å². The molecule has 2 aromatic rings. The Morgan fingerprint density at radius 3 is 2.81 bits per heavy atom. The van der Waals surface area contributed by atoms with Crippen molar-refractivity contribution in [2.24, 2.45) is 0 Å². The maximum atomic E-state index is 12.3. The Balaban J connectivity index is 1.63. The average molecular weight is 408 g/mol. The molecule has 27 heavy (non-hydrogen) atoms. The number of benzene rings is 1. The van der Waals surface area contributed by atoms with Gasteiger partial charge in [0.05, 0.1) is 24.8 Å². The van der Waals surface area contributed by atoms with Gasteiger partial charge in [0.15, 0.2) is 5.13 Å². The topological polar surface area (TPSA) is 71.5 Å². The van der Waals surface area contributed by atoms with Gasteiger partial charge in [-0.25, -0.2) is 4.98 Å². The van der Waals surface area contributed by atoms with Crippen LogP contribution in [0, 0.1) is 0 Å². The Morgan fingerprint density at radius 2 is 2.15 bits per heavy atom. The number of rotatable bonds is 7. The summed E-state index contributed by atoms with van der Waals surface area (Å²) < 4.78 is 5.66. The van der Waals surface area contributed by atoms with Crippen LogP contribution >= 0.6 is 22.9 Å². The van der Waals surface area contributed by atoms with Crippen LogP contribution in [0.3, 0.4) is 0 Å². The van der Waals surface area contributed by atoms with E-state index in [2.05, 4.69) is 10.3 Å². The molecule has 1 aromatic carbocycles. The van der Waals surface area contributed by atoms with Crippen LogP contribution in [0.1, 0.15) is 31.9 Å². The fourth-order valence-corrected chi connectivity index (χ4v) is 3.85. The molecule has 6 nitrogen and oxygen atoms in total. The number of hydrogen-bond acceptors (Lipinski definition) is 5. The summed E-state index contributed by atoms with van der Waals surface area (Å²) >= 11 is 7.22. The molecule has 1 aliphatic heterocycles. The van der Waals surface area contributed by atoms with E-state index in [1.54, 1.807) is 29.2 Å². The van der Waals surface area contributed by atoms with E-state index in [9.17, 15) is 9.59 Å². The monoisotopic (exact) mass is 407 g/mol. The second kappa shape index (κ2) is 9.30. The van der Waals surface area contributed by atoms with Gasteiger partial charge in [0.2, 0.25) is 11.8 Å². The Kier molecular flexibility index (Phi) is 6.82. The predicted molar refractivity (Wildman–Crippen MR) is 108 cm³/mol. The summed E-state index contributed by atoms with van der Waals surface area (Å²) in [5.41, 5.74) is 1.32. The van der Waals surface area contributed by atoms with Crippen molar-refractivity contribution in [3.05, 3.63) is 40.4 Å². The van der Waals surface area contributed by atoms with Gasteiger partial charge in [-0.2, -0.15) is 0 Å². The molecular weight excluding hydrogens is 386 g/mol. The van der Waals surface area contributed by atoms with Crippen LogP contribution in [-0.2, 0) is 20.7 Å². The lowest BCUT2D eigenvalue weighted by molar-refractivity contribution is -0.118. The molecule has 0 spiro atoms. The van der Waals surface area contributed by atoms with Gasteiger partial charge in [0.1, 0.15) is 0 Å². The summed E-state index contributed by atoms with van der Waals surface area (Å²) in [6, 6.07) is 6.93. The van der Waals surface area contributed by atoms with E-state index in [0.29, 0.717) is 34.5 Å². The zero-order chi connectivity index (χ0) is 19.2. The van der Waals surface area contributed by atoms with Crippen LogP contribution in [0.25, 0.3) is 0 Å². The molecule has 1 fully saturated rings. The van der Waals surface area contributed by atoms with E-state index in [1.165, 1.54) is 11.3 Å². The second-order valence-electron chi connectivity index (χ2n) is 6.35. The summed E-state index contributed by atoms with van der Waals surface area (Å²) in [5.74, 6) is -0.154. The van der Waals surface area contributed by atoms with Crippen LogP contribution in [0.2, 0.25) is 5.02 Å². The highest BCUT2D eigenvalue weighted by atomic mass is 35.5. The van der Waals surface area contributed by atoms with E-state index in [-0.39, 0.29) is 24.3 Å². The number of carbonyl (C=O) groups excluding carboxylic acids is 2. The minimum Gasteiger partial charge on any atom is -0.376 e. The maximum absolute atomic E-state index is 12.3. The van der Waals surface area contributed by atoms with Crippen molar-refractivity contribution in [3.8, 4) is 0 Å². The molecule has 0 bridgehead atoms. The van der Waals surface area contributed by atoms with Gasteiger partial charge >= 0.3 is 0 Å². The minimum atomic E-state index is -0.165. The third kappa shape index (κ3) is 5.51. The molecule has 8 heteroatoms. The van der Waals surface area contributed by atoms with Gasteiger partial charge in [-0.15, -0.1) is 11.3 Å². The number of nitrogens with zero attached hydrogens (tertiary/aromatic N) is 2. The Hall–Kier alpha value is -1.96. The number of ether oxygens (including phenoxy) is 1.